The van der Waals surface area contributed by atoms with Crippen LogP contribution in [0.4, 0.5) is 5.69 Å². The first-order chi connectivity index (χ1) is 14.7. The van der Waals surface area contributed by atoms with Crippen LogP contribution >= 0.6 is 38.5 Å². The van der Waals surface area contributed by atoms with Crippen LogP contribution in [0.5, 0.6) is 0 Å². The number of carbonyl (C=O) groups is 2. The number of amides is 2. The Bertz CT molecular complexity index is 1060. The van der Waals surface area contributed by atoms with E-state index in [1.54, 1.807) is 36.4 Å². The molecule has 1 heterocycles. The lowest BCUT2D eigenvalue weighted by molar-refractivity contribution is -0.125. The number of methoxy groups -OCH3 is 2. The number of rotatable bonds is 8. The minimum Gasteiger partial charge on any atom is -0.354 e. The number of anilines is 1. The summed E-state index contributed by atoms with van der Waals surface area (Å²) in [5.41, 5.74) is 0.397. The predicted octanol–water partition coefficient (Wildman–Crippen LogP) is 3.00. The molecule has 1 atom stereocenters. The van der Waals surface area contributed by atoms with Crippen molar-refractivity contribution in [1.29, 1.82) is 0 Å². The first kappa shape index (κ1) is 24.3. The number of hydrogen-bond acceptors (Lipinski definition) is 6. The number of halogens is 2. The molecule has 0 aliphatic carbocycles. The summed E-state index contributed by atoms with van der Waals surface area (Å²) < 4.78 is 39.9. The average molecular weight is 623 g/mol. The molecule has 2 aromatic carbocycles. The molecule has 2 aromatic rings. The number of carbonyl (C=O) groups excluding carboxylic acids is 2. The molecule has 166 valence electrons. The summed E-state index contributed by atoms with van der Waals surface area (Å²) in [6, 6.07) is 11.7. The van der Waals surface area contributed by atoms with Gasteiger partial charge in [0.15, 0.2) is 6.29 Å². The standard InChI is InChI=1S/C20H20BrIN2O6S/c1-29-19(30-2)12-23(31(27,28)16-9-3-13(21)4-10-16)17-11-18(25)24(20(17)26)15-7-5-14(22)6-8-15/h3-10,17,19H,11-12H2,1-2H3. The normalized spacial score (nSPS) is 17.2. The summed E-state index contributed by atoms with van der Waals surface area (Å²) in [5.74, 6) is -1.09. The van der Waals surface area contributed by atoms with Crippen molar-refractivity contribution in [3.05, 3.63) is 56.6 Å². The maximum absolute atomic E-state index is 13.5. The van der Waals surface area contributed by atoms with Crippen molar-refractivity contribution < 1.29 is 27.5 Å². The summed E-state index contributed by atoms with van der Waals surface area (Å²) in [6.07, 6.45) is -1.19. The van der Waals surface area contributed by atoms with Gasteiger partial charge in [-0.25, -0.2) is 13.3 Å². The second-order valence-corrected chi connectivity index (χ2v) is 10.7. The second kappa shape index (κ2) is 10.0. The largest absolute Gasteiger partial charge is 0.354 e. The zero-order valence-electron chi connectivity index (χ0n) is 16.7. The topological polar surface area (TPSA) is 93.2 Å². The fraction of sp³-hybridized carbons (Fsp3) is 0.300. The summed E-state index contributed by atoms with van der Waals surface area (Å²) in [6.45, 7) is -0.254. The number of ether oxygens (including phenoxy) is 2. The lowest BCUT2D eigenvalue weighted by atomic mass is 10.2. The Balaban J connectivity index is 2.01. The molecule has 3 rings (SSSR count). The Hall–Kier alpha value is -1.38. The smallest absolute Gasteiger partial charge is 0.252 e. The Morgan fingerprint density at radius 2 is 1.68 bits per heavy atom. The number of nitrogens with zero attached hydrogens (tertiary/aromatic N) is 2. The van der Waals surface area contributed by atoms with Crippen molar-refractivity contribution in [2.24, 2.45) is 0 Å². The molecule has 0 spiro atoms. The Morgan fingerprint density at radius 1 is 1.10 bits per heavy atom. The number of imide groups is 1. The quantitative estimate of drug-likeness (QED) is 0.255. The van der Waals surface area contributed by atoms with Gasteiger partial charge in [0.05, 0.1) is 23.5 Å². The first-order valence-electron chi connectivity index (χ1n) is 9.14. The molecule has 2 amide bonds. The van der Waals surface area contributed by atoms with E-state index in [1.807, 2.05) is 0 Å². The molecule has 1 fully saturated rings. The minimum atomic E-state index is -4.13. The molecule has 1 unspecified atom stereocenters. The van der Waals surface area contributed by atoms with Crippen LogP contribution in [0.25, 0.3) is 0 Å². The van der Waals surface area contributed by atoms with Crippen molar-refractivity contribution >= 4 is 66.0 Å². The van der Waals surface area contributed by atoms with E-state index in [0.717, 1.165) is 12.8 Å². The van der Waals surface area contributed by atoms with Crippen molar-refractivity contribution in [2.75, 3.05) is 25.7 Å². The highest BCUT2D eigenvalue weighted by molar-refractivity contribution is 14.1. The fourth-order valence-corrected chi connectivity index (χ4v) is 5.42. The lowest BCUT2D eigenvalue weighted by Gasteiger charge is -2.29. The highest BCUT2D eigenvalue weighted by atomic mass is 127. The van der Waals surface area contributed by atoms with Gasteiger partial charge < -0.3 is 9.47 Å². The van der Waals surface area contributed by atoms with Gasteiger partial charge in [0.25, 0.3) is 5.91 Å². The summed E-state index contributed by atoms with van der Waals surface area (Å²) in [4.78, 5) is 27.0. The zero-order valence-corrected chi connectivity index (χ0v) is 21.3. The number of sulfonamides is 1. The van der Waals surface area contributed by atoms with Gasteiger partial charge >= 0.3 is 0 Å². The molecule has 0 N–H and O–H groups in total. The molecule has 1 aliphatic heterocycles. The third-order valence-corrected chi connectivity index (χ3v) is 7.97. The minimum absolute atomic E-state index is 0.00498. The SMILES string of the molecule is COC(CN(C1CC(=O)N(c2ccc(I)cc2)C1=O)S(=O)(=O)c1ccc(Br)cc1)OC. The lowest BCUT2D eigenvalue weighted by Crippen LogP contribution is -2.49. The van der Waals surface area contributed by atoms with Crippen molar-refractivity contribution in [2.45, 2.75) is 23.6 Å². The fourth-order valence-electron chi connectivity index (χ4n) is 3.23. The van der Waals surface area contributed by atoms with Crippen LogP contribution in [0, 0.1) is 3.57 Å². The van der Waals surface area contributed by atoms with E-state index in [1.165, 1.54) is 26.4 Å². The van der Waals surface area contributed by atoms with Crippen LogP contribution in [0.1, 0.15) is 6.42 Å². The molecule has 8 nitrogen and oxygen atoms in total. The van der Waals surface area contributed by atoms with Crippen molar-refractivity contribution in [1.82, 2.24) is 4.31 Å². The monoisotopic (exact) mass is 622 g/mol. The number of benzene rings is 2. The Kier molecular flexibility index (Phi) is 7.86. The molecule has 1 saturated heterocycles. The molecule has 0 saturated carbocycles. The highest BCUT2D eigenvalue weighted by Gasteiger charge is 2.47. The van der Waals surface area contributed by atoms with Crippen LogP contribution in [0.2, 0.25) is 0 Å². The van der Waals surface area contributed by atoms with E-state index in [2.05, 4.69) is 38.5 Å². The van der Waals surface area contributed by atoms with Gasteiger partial charge in [0, 0.05) is 22.3 Å². The number of hydrogen-bond donors (Lipinski definition) is 0. The maximum Gasteiger partial charge on any atom is 0.252 e. The van der Waals surface area contributed by atoms with Crippen LogP contribution in [-0.4, -0.2) is 57.6 Å². The van der Waals surface area contributed by atoms with Gasteiger partial charge in [-0.1, -0.05) is 15.9 Å². The summed E-state index contributed by atoms with van der Waals surface area (Å²) in [7, 11) is -1.39. The molecular weight excluding hydrogens is 603 g/mol. The summed E-state index contributed by atoms with van der Waals surface area (Å²) >= 11 is 5.40. The van der Waals surface area contributed by atoms with Gasteiger partial charge in [-0.3, -0.25) is 9.59 Å². The third-order valence-electron chi connectivity index (χ3n) is 4.83. The summed E-state index contributed by atoms with van der Waals surface area (Å²) in [5, 5.41) is 0. The van der Waals surface area contributed by atoms with E-state index in [9.17, 15) is 18.0 Å². The zero-order chi connectivity index (χ0) is 22.8. The Labute approximate surface area is 202 Å². The van der Waals surface area contributed by atoms with Crippen LogP contribution < -0.4 is 4.90 Å². The second-order valence-electron chi connectivity index (χ2n) is 6.69. The van der Waals surface area contributed by atoms with Crippen LogP contribution in [0.15, 0.2) is 57.9 Å². The van der Waals surface area contributed by atoms with Gasteiger partial charge in [0.1, 0.15) is 6.04 Å². The van der Waals surface area contributed by atoms with Gasteiger partial charge in [-0.2, -0.15) is 4.31 Å². The van der Waals surface area contributed by atoms with Crippen molar-refractivity contribution in [3.63, 3.8) is 0 Å². The van der Waals surface area contributed by atoms with Gasteiger partial charge in [0.2, 0.25) is 15.9 Å². The molecule has 0 bridgehead atoms. The third kappa shape index (κ3) is 5.17. The van der Waals surface area contributed by atoms with E-state index >= 15 is 0 Å². The van der Waals surface area contributed by atoms with E-state index < -0.39 is 34.2 Å². The van der Waals surface area contributed by atoms with Crippen LogP contribution in [-0.2, 0) is 29.1 Å². The molecule has 11 heteroatoms. The molecule has 0 radical (unpaired) electrons. The average Bonchev–Trinajstić information content (AvgIpc) is 3.03. The molecule has 31 heavy (non-hydrogen) atoms. The molecule has 1 aliphatic rings. The van der Waals surface area contributed by atoms with Gasteiger partial charge in [-0.15, -0.1) is 0 Å². The predicted molar refractivity (Wildman–Crippen MR) is 126 cm³/mol. The maximum atomic E-state index is 13.5. The van der Waals surface area contributed by atoms with E-state index in [0.29, 0.717) is 10.2 Å². The first-order valence-corrected chi connectivity index (χ1v) is 12.5. The Morgan fingerprint density at radius 3 is 2.23 bits per heavy atom. The van der Waals surface area contributed by atoms with Crippen molar-refractivity contribution in [3.8, 4) is 0 Å². The molecular formula is C20H20BrIN2O6S. The van der Waals surface area contributed by atoms with E-state index in [4.69, 9.17) is 9.47 Å². The highest BCUT2D eigenvalue weighted by Crippen LogP contribution is 2.30. The van der Waals surface area contributed by atoms with Gasteiger partial charge in [-0.05, 0) is 71.1 Å². The van der Waals surface area contributed by atoms with Crippen LogP contribution in [0.3, 0.4) is 0 Å². The molecule has 0 aromatic heterocycles. The van der Waals surface area contributed by atoms with E-state index in [-0.39, 0.29) is 17.9 Å².